The molecule has 1 heterocycles. The van der Waals surface area contributed by atoms with Crippen LogP contribution in [0, 0.1) is 12.7 Å². The van der Waals surface area contributed by atoms with Crippen LogP contribution in [0.15, 0.2) is 18.2 Å². The molecule has 0 spiro atoms. The van der Waals surface area contributed by atoms with Crippen molar-refractivity contribution in [3.05, 3.63) is 40.4 Å². The van der Waals surface area contributed by atoms with Gasteiger partial charge in [-0.3, -0.25) is 14.2 Å². The lowest BCUT2D eigenvalue weighted by atomic mass is 10.2. The fourth-order valence-corrected chi connectivity index (χ4v) is 2.78. The van der Waals surface area contributed by atoms with Crippen LogP contribution in [0.3, 0.4) is 0 Å². The number of carbonyl (C=O) groups excluding carboxylic acids is 1. The van der Waals surface area contributed by atoms with Gasteiger partial charge in [0.1, 0.15) is 11.0 Å². The van der Waals surface area contributed by atoms with Crippen LogP contribution >= 0.6 is 11.6 Å². The molecule has 1 aromatic heterocycles. The summed E-state index contributed by atoms with van der Waals surface area (Å²) in [5.41, 5.74) is 0.573. The SMILES string of the molecule is Cc1nn(C)c(Cl)c1C(=O)Nc1ccc(F)c(NS(C)(=O)=O)c1. The summed E-state index contributed by atoms with van der Waals surface area (Å²) in [5, 5.41) is 6.72. The first-order chi connectivity index (χ1) is 10.6. The summed E-state index contributed by atoms with van der Waals surface area (Å²) in [4.78, 5) is 12.3. The van der Waals surface area contributed by atoms with Crippen molar-refractivity contribution < 1.29 is 17.6 Å². The van der Waals surface area contributed by atoms with Gasteiger partial charge in [0.15, 0.2) is 0 Å². The summed E-state index contributed by atoms with van der Waals surface area (Å²) in [6.45, 7) is 1.63. The number of amides is 1. The summed E-state index contributed by atoms with van der Waals surface area (Å²) in [6.07, 6.45) is 0.899. The molecular weight excluding hydrogens is 347 g/mol. The second-order valence-corrected chi connectivity index (χ2v) is 7.00. The van der Waals surface area contributed by atoms with Crippen molar-refractivity contribution in [1.82, 2.24) is 9.78 Å². The number of halogens is 2. The number of nitrogens with zero attached hydrogens (tertiary/aromatic N) is 2. The Balaban J connectivity index is 2.30. The van der Waals surface area contributed by atoms with Crippen LogP contribution in [0.4, 0.5) is 15.8 Å². The van der Waals surface area contributed by atoms with E-state index in [2.05, 4.69) is 10.4 Å². The normalized spacial score (nSPS) is 11.3. The minimum absolute atomic E-state index is 0.164. The number of hydrogen-bond acceptors (Lipinski definition) is 4. The summed E-state index contributed by atoms with van der Waals surface area (Å²) in [5.74, 6) is -1.29. The molecule has 1 aromatic carbocycles. The summed E-state index contributed by atoms with van der Waals surface area (Å²) < 4.78 is 39.4. The number of carbonyl (C=O) groups is 1. The Kier molecular flexibility index (Phi) is 4.62. The van der Waals surface area contributed by atoms with Gasteiger partial charge in [0, 0.05) is 12.7 Å². The molecule has 2 aromatic rings. The van der Waals surface area contributed by atoms with E-state index in [0.717, 1.165) is 12.3 Å². The lowest BCUT2D eigenvalue weighted by molar-refractivity contribution is 0.102. The van der Waals surface area contributed by atoms with Crippen LogP contribution in [0.1, 0.15) is 16.1 Å². The van der Waals surface area contributed by atoms with E-state index in [1.807, 2.05) is 4.72 Å². The zero-order chi connectivity index (χ0) is 17.4. The van der Waals surface area contributed by atoms with Crippen molar-refractivity contribution in [2.75, 3.05) is 16.3 Å². The molecule has 1 amide bonds. The first-order valence-electron chi connectivity index (χ1n) is 6.36. The number of benzene rings is 1. The number of aryl methyl sites for hydroxylation is 2. The zero-order valence-corrected chi connectivity index (χ0v) is 14.1. The third-order valence-electron chi connectivity index (χ3n) is 2.90. The number of sulfonamides is 1. The molecule has 0 saturated heterocycles. The van der Waals surface area contributed by atoms with Crippen molar-refractivity contribution in [2.45, 2.75) is 6.92 Å². The highest BCUT2D eigenvalue weighted by atomic mass is 35.5. The lowest BCUT2D eigenvalue weighted by Crippen LogP contribution is -2.15. The van der Waals surface area contributed by atoms with Crippen LogP contribution < -0.4 is 10.0 Å². The Hall–Kier alpha value is -2.13. The maximum Gasteiger partial charge on any atom is 0.260 e. The minimum Gasteiger partial charge on any atom is -0.322 e. The molecule has 0 aliphatic rings. The van der Waals surface area contributed by atoms with E-state index in [0.29, 0.717) is 5.69 Å². The van der Waals surface area contributed by atoms with Gasteiger partial charge < -0.3 is 5.32 Å². The molecule has 0 atom stereocenters. The molecule has 0 saturated carbocycles. The van der Waals surface area contributed by atoms with E-state index < -0.39 is 21.7 Å². The zero-order valence-electron chi connectivity index (χ0n) is 12.5. The first-order valence-corrected chi connectivity index (χ1v) is 8.63. The molecule has 124 valence electrons. The van der Waals surface area contributed by atoms with Crippen molar-refractivity contribution in [2.24, 2.45) is 7.05 Å². The van der Waals surface area contributed by atoms with Crippen LogP contribution in [-0.2, 0) is 17.1 Å². The predicted molar refractivity (Wildman–Crippen MR) is 85.8 cm³/mol. The fourth-order valence-electron chi connectivity index (χ4n) is 1.96. The number of aromatic nitrogens is 2. The molecular formula is C13H14ClFN4O3S. The standard InChI is InChI=1S/C13H14ClFN4O3S/c1-7-11(12(14)19(2)17-7)13(20)16-8-4-5-9(15)10(6-8)18-23(3,21)22/h4-6,18H,1-3H3,(H,16,20). The molecule has 0 aliphatic heterocycles. The van der Waals surface area contributed by atoms with E-state index in [1.165, 1.54) is 16.8 Å². The summed E-state index contributed by atoms with van der Waals surface area (Å²) in [6, 6.07) is 3.52. The van der Waals surface area contributed by atoms with E-state index in [-0.39, 0.29) is 22.1 Å². The molecule has 2 rings (SSSR count). The molecule has 2 N–H and O–H groups in total. The number of hydrogen-bond donors (Lipinski definition) is 2. The summed E-state index contributed by atoms with van der Waals surface area (Å²) in [7, 11) is -2.05. The highest BCUT2D eigenvalue weighted by molar-refractivity contribution is 7.92. The molecule has 10 heteroatoms. The Morgan fingerprint density at radius 1 is 1.39 bits per heavy atom. The van der Waals surface area contributed by atoms with Crippen LogP contribution in [0.25, 0.3) is 0 Å². The number of anilines is 2. The maximum absolute atomic E-state index is 13.6. The van der Waals surface area contributed by atoms with E-state index >= 15 is 0 Å². The minimum atomic E-state index is -3.64. The third kappa shape index (κ3) is 3.99. The molecule has 23 heavy (non-hydrogen) atoms. The molecule has 0 unspecified atom stereocenters. The van der Waals surface area contributed by atoms with Crippen molar-refractivity contribution >= 4 is 38.9 Å². The highest BCUT2D eigenvalue weighted by Gasteiger charge is 2.19. The highest BCUT2D eigenvalue weighted by Crippen LogP contribution is 2.23. The molecule has 0 bridgehead atoms. The maximum atomic E-state index is 13.6. The number of rotatable bonds is 4. The van der Waals surface area contributed by atoms with Gasteiger partial charge in [-0.2, -0.15) is 5.10 Å². The Morgan fingerprint density at radius 3 is 2.57 bits per heavy atom. The van der Waals surface area contributed by atoms with Gasteiger partial charge in [0.25, 0.3) is 5.91 Å². The third-order valence-corrected chi connectivity index (χ3v) is 3.92. The average Bonchev–Trinajstić information content (AvgIpc) is 2.65. The molecule has 0 radical (unpaired) electrons. The van der Waals surface area contributed by atoms with Gasteiger partial charge in [0.05, 0.1) is 23.2 Å². The van der Waals surface area contributed by atoms with Gasteiger partial charge in [-0.25, -0.2) is 12.8 Å². The van der Waals surface area contributed by atoms with Gasteiger partial charge in [0.2, 0.25) is 10.0 Å². The van der Waals surface area contributed by atoms with Crippen LogP contribution in [-0.4, -0.2) is 30.4 Å². The average molecular weight is 361 g/mol. The molecule has 0 fully saturated rings. The smallest absolute Gasteiger partial charge is 0.260 e. The molecule has 0 aliphatic carbocycles. The van der Waals surface area contributed by atoms with Gasteiger partial charge >= 0.3 is 0 Å². The second-order valence-electron chi connectivity index (χ2n) is 4.90. The van der Waals surface area contributed by atoms with E-state index in [4.69, 9.17) is 11.6 Å². The van der Waals surface area contributed by atoms with Gasteiger partial charge in [-0.15, -0.1) is 0 Å². The van der Waals surface area contributed by atoms with Crippen LogP contribution in [0.5, 0.6) is 0 Å². The fraction of sp³-hybridized carbons (Fsp3) is 0.231. The topological polar surface area (TPSA) is 93.1 Å². The van der Waals surface area contributed by atoms with Gasteiger partial charge in [-0.05, 0) is 25.1 Å². The summed E-state index contributed by atoms with van der Waals surface area (Å²) >= 11 is 6.01. The Labute approximate surface area is 137 Å². The number of nitrogens with one attached hydrogen (secondary N) is 2. The lowest BCUT2D eigenvalue weighted by Gasteiger charge is -2.09. The predicted octanol–water partition coefficient (Wildman–Crippen LogP) is 2.14. The van der Waals surface area contributed by atoms with Crippen LogP contribution in [0.2, 0.25) is 5.15 Å². The van der Waals surface area contributed by atoms with E-state index in [9.17, 15) is 17.6 Å². The first kappa shape index (κ1) is 17.2. The van der Waals surface area contributed by atoms with Crippen molar-refractivity contribution in [1.29, 1.82) is 0 Å². The Bertz CT molecular complexity index is 880. The quantitative estimate of drug-likeness (QED) is 0.873. The van der Waals surface area contributed by atoms with Crippen molar-refractivity contribution in [3.8, 4) is 0 Å². The largest absolute Gasteiger partial charge is 0.322 e. The van der Waals surface area contributed by atoms with E-state index in [1.54, 1.807) is 14.0 Å². The van der Waals surface area contributed by atoms with Gasteiger partial charge in [-0.1, -0.05) is 11.6 Å². The van der Waals surface area contributed by atoms with Crippen molar-refractivity contribution in [3.63, 3.8) is 0 Å². The Morgan fingerprint density at radius 2 is 2.04 bits per heavy atom. The molecule has 7 nitrogen and oxygen atoms in total. The monoisotopic (exact) mass is 360 g/mol. The second kappa shape index (κ2) is 6.17.